The number of carbonyl (C=O) groups is 1. The Bertz CT molecular complexity index is 505. The predicted octanol–water partition coefficient (Wildman–Crippen LogP) is 2.82. The molecular weight excluding hydrogens is 210 g/mol. The van der Waals surface area contributed by atoms with E-state index in [0.29, 0.717) is 5.56 Å². The number of hydrogen-bond donors (Lipinski definition) is 1. The van der Waals surface area contributed by atoms with E-state index in [0.717, 1.165) is 10.4 Å². The first kappa shape index (κ1) is 9.86. The highest BCUT2D eigenvalue weighted by atomic mass is 32.1. The summed E-state index contributed by atoms with van der Waals surface area (Å²) >= 11 is 1.53. The molecule has 0 saturated carbocycles. The largest absolute Gasteiger partial charge is 0.476 e. The number of aromatic nitrogens is 1. The van der Waals surface area contributed by atoms with Gasteiger partial charge in [-0.15, -0.1) is 11.3 Å². The molecule has 0 aromatic carbocycles. The highest BCUT2D eigenvalue weighted by molar-refractivity contribution is 7.13. The summed E-state index contributed by atoms with van der Waals surface area (Å²) in [4.78, 5) is 15.8. The number of hydrogen-bond acceptors (Lipinski definition) is 3. The van der Waals surface area contributed by atoms with Gasteiger partial charge in [0.2, 0.25) is 0 Å². The molecule has 1 N–H and O–H groups in total. The predicted molar refractivity (Wildman–Crippen MR) is 59.2 cm³/mol. The van der Waals surface area contributed by atoms with Crippen LogP contribution < -0.4 is 0 Å². The van der Waals surface area contributed by atoms with E-state index in [9.17, 15) is 4.79 Å². The molecule has 3 nitrogen and oxygen atoms in total. The van der Waals surface area contributed by atoms with Gasteiger partial charge in [-0.1, -0.05) is 0 Å². The molecule has 0 unspecified atom stereocenters. The molecule has 0 radical (unpaired) electrons. The van der Waals surface area contributed by atoms with Gasteiger partial charge in [-0.3, -0.25) is 0 Å². The standard InChI is InChI=1S/C11H9NO2S/c1-7-4-6-15-10(7)8-3-2-5-12-9(8)11(13)14/h2-6H,1H3,(H,13,14). The molecular formula is C11H9NO2S. The highest BCUT2D eigenvalue weighted by Crippen LogP contribution is 2.30. The van der Waals surface area contributed by atoms with Crippen molar-refractivity contribution in [2.24, 2.45) is 0 Å². The van der Waals surface area contributed by atoms with Crippen molar-refractivity contribution in [1.82, 2.24) is 4.98 Å². The van der Waals surface area contributed by atoms with Gasteiger partial charge in [-0.05, 0) is 36.1 Å². The van der Waals surface area contributed by atoms with Gasteiger partial charge in [-0.25, -0.2) is 9.78 Å². The Balaban J connectivity index is 2.63. The lowest BCUT2D eigenvalue weighted by Crippen LogP contribution is -2.02. The SMILES string of the molecule is Cc1ccsc1-c1cccnc1C(=O)O. The number of rotatable bonds is 2. The number of nitrogens with zero attached hydrogens (tertiary/aromatic N) is 1. The summed E-state index contributed by atoms with van der Waals surface area (Å²) in [6.07, 6.45) is 1.50. The van der Waals surface area contributed by atoms with Crippen LogP contribution in [-0.2, 0) is 0 Å². The van der Waals surface area contributed by atoms with E-state index in [1.54, 1.807) is 12.1 Å². The number of aryl methyl sites for hydroxylation is 1. The molecule has 2 rings (SSSR count). The van der Waals surface area contributed by atoms with Crippen molar-refractivity contribution in [2.45, 2.75) is 6.92 Å². The van der Waals surface area contributed by atoms with Gasteiger partial charge in [-0.2, -0.15) is 0 Å². The van der Waals surface area contributed by atoms with Crippen molar-refractivity contribution in [3.8, 4) is 10.4 Å². The molecule has 15 heavy (non-hydrogen) atoms. The van der Waals surface area contributed by atoms with E-state index >= 15 is 0 Å². The molecule has 0 atom stereocenters. The molecule has 0 aliphatic rings. The first-order valence-electron chi connectivity index (χ1n) is 4.43. The number of aromatic carboxylic acids is 1. The van der Waals surface area contributed by atoms with Crippen LogP contribution in [0.3, 0.4) is 0 Å². The van der Waals surface area contributed by atoms with Crippen molar-refractivity contribution in [3.63, 3.8) is 0 Å². The Morgan fingerprint density at radius 1 is 1.47 bits per heavy atom. The molecule has 0 fully saturated rings. The second kappa shape index (κ2) is 3.82. The highest BCUT2D eigenvalue weighted by Gasteiger charge is 2.14. The summed E-state index contributed by atoms with van der Waals surface area (Å²) in [6.45, 7) is 1.96. The van der Waals surface area contributed by atoms with Gasteiger partial charge in [0.05, 0.1) is 0 Å². The topological polar surface area (TPSA) is 50.2 Å². The molecule has 76 valence electrons. The van der Waals surface area contributed by atoms with Gasteiger partial charge in [0.15, 0.2) is 5.69 Å². The summed E-state index contributed by atoms with van der Waals surface area (Å²) in [6, 6.07) is 5.51. The summed E-state index contributed by atoms with van der Waals surface area (Å²) < 4.78 is 0. The van der Waals surface area contributed by atoms with Crippen molar-refractivity contribution < 1.29 is 9.90 Å². The van der Waals surface area contributed by atoms with Gasteiger partial charge < -0.3 is 5.11 Å². The van der Waals surface area contributed by atoms with Crippen LogP contribution in [-0.4, -0.2) is 16.1 Å². The summed E-state index contributed by atoms with van der Waals surface area (Å²) in [7, 11) is 0. The fourth-order valence-electron chi connectivity index (χ4n) is 1.41. The Kier molecular flexibility index (Phi) is 2.51. The fraction of sp³-hybridized carbons (Fsp3) is 0.0909. The smallest absolute Gasteiger partial charge is 0.355 e. The molecule has 0 aliphatic carbocycles. The summed E-state index contributed by atoms with van der Waals surface area (Å²) in [5.74, 6) is -0.988. The van der Waals surface area contributed by atoms with Crippen LogP contribution in [0.1, 0.15) is 16.1 Å². The van der Waals surface area contributed by atoms with E-state index in [1.165, 1.54) is 17.5 Å². The number of carboxylic acid groups (broad SMARTS) is 1. The summed E-state index contributed by atoms with van der Waals surface area (Å²) in [5, 5.41) is 10.9. The minimum atomic E-state index is -0.988. The average molecular weight is 219 g/mol. The average Bonchev–Trinajstić information content (AvgIpc) is 2.64. The minimum Gasteiger partial charge on any atom is -0.476 e. The van der Waals surface area contributed by atoms with E-state index < -0.39 is 5.97 Å². The maximum atomic E-state index is 11.0. The molecule has 0 spiro atoms. The monoisotopic (exact) mass is 219 g/mol. The zero-order chi connectivity index (χ0) is 10.8. The number of carboxylic acids is 1. The van der Waals surface area contributed by atoms with Gasteiger partial charge in [0.1, 0.15) is 0 Å². The quantitative estimate of drug-likeness (QED) is 0.844. The zero-order valence-corrected chi connectivity index (χ0v) is 8.91. The lowest BCUT2D eigenvalue weighted by atomic mass is 10.1. The zero-order valence-electron chi connectivity index (χ0n) is 8.10. The molecule has 0 amide bonds. The van der Waals surface area contributed by atoms with E-state index in [4.69, 9.17) is 5.11 Å². The maximum Gasteiger partial charge on any atom is 0.355 e. The number of pyridine rings is 1. The fourth-order valence-corrected chi connectivity index (χ4v) is 2.36. The van der Waals surface area contributed by atoms with Gasteiger partial charge >= 0.3 is 5.97 Å². The minimum absolute atomic E-state index is 0.114. The third-order valence-electron chi connectivity index (χ3n) is 2.12. The van der Waals surface area contributed by atoms with Crippen molar-refractivity contribution in [2.75, 3.05) is 0 Å². The molecule has 0 bridgehead atoms. The summed E-state index contributed by atoms with van der Waals surface area (Å²) in [5.41, 5.74) is 1.89. The van der Waals surface area contributed by atoms with E-state index in [2.05, 4.69) is 4.98 Å². The molecule has 4 heteroatoms. The first-order chi connectivity index (χ1) is 7.20. The van der Waals surface area contributed by atoms with Gasteiger partial charge in [0.25, 0.3) is 0 Å². The van der Waals surface area contributed by atoms with E-state index in [1.807, 2.05) is 18.4 Å². The molecule has 2 heterocycles. The van der Waals surface area contributed by atoms with Crippen molar-refractivity contribution in [1.29, 1.82) is 0 Å². The van der Waals surface area contributed by atoms with Crippen LogP contribution in [0, 0.1) is 6.92 Å². The molecule has 0 saturated heterocycles. The molecule has 0 aliphatic heterocycles. The lowest BCUT2D eigenvalue weighted by Gasteiger charge is -2.03. The van der Waals surface area contributed by atoms with Crippen LogP contribution >= 0.6 is 11.3 Å². The Hall–Kier alpha value is -1.68. The first-order valence-corrected chi connectivity index (χ1v) is 5.31. The van der Waals surface area contributed by atoms with Gasteiger partial charge in [0, 0.05) is 16.6 Å². The lowest BCUT2D eigenvalue weighted by molar-refractivity contribution is 0.0691. The Morgan fingerprint density at radius 3 is 2.87 bits per heavy atom. The van der Waals surface area contributed by atoms with Crippen LogP contribution in [0.2, 0.25) is 0 Å². The van der Waals surface area contributed by atoms with Crippen molar-refractivity contribution >= 4 is 17.3 Å². The normalized spacial score (nSPS) is 10.2. The number of thiophene rings is 1. The Morgan fingerprint density at radius 2 is 2.27 bits per heavy atom. The Labute approximate surface area is 91.0 Å². The van der Waals surface area contributed by atoms with E-state index in [-0.39, 0.29) is 5.69 Å². The molecule has 2 aromatic rings. The second-order valence-corrected chi connectivity index (χ2v) is 4.05. The van der Waals surface area contributed by atoms with Crippen LogP contribution in [0.5, 0.6) is 0 Å². The van der Waals surface area contributed by atoms with Crippen LogP contribution in [0.25, 0.3) is 10.4 Å². The van der Waals surface area contributed by atoms with Crippen LogP contribution in [0.4, 0.5) is 0 Å². The van der Waals surface area contributed by atoms with Crippen molar-refractivity contribution in [3.05, 3.63) is 41.0 Å². The molecule has 2 aromatic heterocycles. The third-order valence-corrected chi connectivity index (χ3v) is 3.17. The van der Waals surface area contributed by atoms with Crippen LogP contribution in [0.15, 0.2) is 29.8 Å². The maximum absolute atomic E-state index is 11.0. The second-order valence-electron chi connectivity index (χ2n) is 3.14. The third kappa shape index (κ3) is 1.76.